The van der Waals surface area contributed by atoms with Gasteiger partial charge in [0, 0.05) is 22.6 Å². The molecule has 3 heteroatoms. The summed E-state index contributed by atoms with van der Waals surface area (Å²) >= 11 is 0. The molecule has 3 atom stereocenters. The first-order chi connectivity index (χ1) is 8.40. The van der Waals surface area contributed by atoms with Crippen LogP contribution in [0, 0.1) is 12.3 Å². The van der Waals surface area contributed by atoms with Crippen molar-refractivity contribution in [3.05, 3.63) is 35.4 Å². The van der Waals surface area contributed by atoms with E-state index in [1.807, 2.05) is 6.07 Å². The number of benzene rings is 1. The molecule has 0 aromatic heterocycles. The molecule has 1 aliphatic carbocycles. The molecule has 1 aromatic rings. The van der Waals surface area contributed by atoms with Gasteiger partial charge in [-0.2, -0.15) is 0 Å². The maximum atomic E-state index is 12.5. The van der Waals surface area contributed by atoms with Crippen molar-refractivity contribution >= 4 is 10.8 Å². The summed E-state index contributed by atoms with van der Waals surface area (Å²) in [4.78, 5) is 0. The van der Waals surface area contributed by atoms with Crippen molar-refractivity contribution in [2.45, 2.75) is 50.7 Å². The Labute approximate surface area is 112 Å². The number of nitrogens with two attached hydrogens (primary N) is 1. The predicted molar refractivity (Wildman–Crippen MR) is 77.8 cm³/mol. The van der Waals surface area contributed by atoms with Gasteiger partial charge in [0.1, 0.15) is 0 Å². The lowest BCUT2D eigenvalue weighted by Crippen LogP contribution is -2.42. The van der Waals surface area contributed by atoms with Crippen LogP contribution in [0.1, 0.15) is 37.8 Å². The molecule has 3 unspecified atom stereocenters. The van der Waals surface area contributed by atoms with Crippen molar-refractivity contribution in [3.63, 3.8) is 0 Å². The fourth-order valence-electron chi connectivity index (χ4n) is 2.73. The molecule has 18 heavy (non-hydrogen) atoms. The monoisotopic (exact) mass is 265 g/mol. The quantitative estimate of drug-likeness (QED) is 0.913. The second-order valence-electron chi connectivity index (χ2n) is 6.11. The molecule has 0 spiro atoms. The first-order valence-electron chi connectivity index (χ1n) is 6.58. The maximum absolute atomic E-state index is 12.5. The molecular formula is C15H23NOS. The topological polar surface area (TPSA) is 43.1 Å². The van der Waals surface area contributed by atoms with Crippen LogP contribution in [0.2, 0.25) is 0 Å². The second-order valence-corrected chi connectivity index (χ2v) is 7.76. The highest BCUT2D eigenvalue weighted by molar-refractivity contribution is 7.84. The van der Waals surface area contributed by atoms with Crippen molar-refractivity contribution < 1.29 is 4.21 Å². The van der Waals surface area contributed by atoms with Crippen molar-refractivity contribution in [1.82, 2.24) is 0 Å². The minimum absolute atomic E-state index is 0.0585. The third-order valence-electron chi connectivity index (χ3n) is 4.11. The summed E-state index contributed by atoms with van der Waals surface area (Å²) in [6.45, 7) is 6.43. The molecule has 1 saturated carbocycles. The van der Waals surface area contributed by atoms with Crippen LogP contribution in [0.3, 0.4) is 0 Å². The van der Waals surface area contributed by atoms with Gasteiger partial charge in [0.25, 0.3) is 0 Å². The van der Waals surface area contributed by atoms with Crippen molar-refractivity contribution in [3.8, 4) is 0 Å². The molecule has 1 aliphatic rings. The van der Waals surface area contributed by atoms with Gasteiger partial charge in [0.05, 0.1) is 5.25 Å². The van der Waals surface area contributed by atoms with E-state index in [1.165, 1.54) is 5.56 Å². The summed E-state index contributed by atoms with van der Waals surface area (Å²) in [5.74, 6) is 0.635. The maximum Gasteiger partial charge on any atom is 0.0507 e. The van der Waals surface area contributed by atoms with Gasteiger partial charge in [-0.05, 0) is 30.7 Å². The van der Waals surface area contributed by atoms with E-state index in [0.717, 1.165) is 18.4 Å². The van der Waals surface area contributed by atoms with Crippen molar-refractivity contribution in [2.24, 2.45) is 11.1 Å². The zero-order chi connectivity index (χ0) is 13.3. The van der Waals surface area contributed by atoms with E-state index in [0.29, 0.717) is 5.75 Å². The van der Waals surface area contributed by atoms with Crippen LogP contribution in [0.5, 0.6) is 0 Å². The molecule has 0 aliphatic heterocycles. The molecule has 1 fully saturated rings. The molecule has 2 N–H and O–H groups in total. The largest absolute Gasteiger partial charge is 0.326 e. The van der Waals surface area contributed by atoms with E-state index < -0.39 is 10.8 Å². The molecule has 0 bridgehead atoms. The lowest BCUT2D eigenvalue weighted by molar-refractivity contribution is 0.333. The molecule has 1 aromatic carbocycles. The highest BCUT2D eigenvalue weighted by atomic mass is 32.2. The Bertz CT molecular complexity index is 456. The van der Waals surface area contributed by atoms with Crippen LogP contribution < -0.4 is 5.73 Å². The Balaban J connectivity index is 2.05. The predicted octanol–water partition coefficient (Wildman–Crippen LogP) is 2.76. The molecule has 0 heterocycles. The van der Waals surface area contributed by atoms with E-state index in [9.17, 15) is 4.21 Å². The van der Waals surface area contributed by atoms with Gasteiger partial charge < -0.3 is 5.73 Å². The fourth-order valence-corrected chi connectivity index (χ4v) is 4.53. The van der Waals surface area contributed by atoms with Crippen LogP contribution >= 0.6 is 0 Å². The van der Waals surface area contributed by atoms with Crippen LogP contribution in [-0.4, -0.2) is 15.5 Å². The van der Waals surface area contributed by atoms with Gasteiger partial charge in [-0.1, -0.05) is 43.7 Å². The summed E-state index contributed by atoms with van der Waals surface area (Å²) < 4.78 is 12.5. The smallest absolute Gasteiger partial charge is 0.0507 e. The summed E-state index contributed by atoms with van der Waals surface area (Å²) in [5.41, 5.74) is 8.76. The van der Waals surface area contributed by atoms with E-state index in [2.05, 4.69) is 39.0 Å². The minimum Gasteiger partial charge on any atom is -0.326 e. The van der Waals surface area contributed by atoms with E-state index in [4.69, 9.17) is 5.73 Å². The first kappa shape index (κ1) is 13.8. The molecule has 0 saturated heterocycles. The van der Waals surface area contributed by atoms with E-state index >= 15 is 0 Å². The van der Waals surface area contributed by atoms with Crippen LogP contribution in [0.25, 0.3) is 0 Å². The summed E-state index contributed by atoms with van der Waals surface area (Å²) in [6, 6.07) is 8.32. The second kappa shape index (κ2) is 5.14. The summed E-state index contributed by atoms with van der Waals surface area (Å²) in [7, 11) is -0.856. The van der Waals surface area contributed by atoms with Gasteiger partial charge in [-0.15, -0.1) is 0 Å². The first-order valence-corrected chi connectivity index (χ1v) is 7.97. The lowest BCUT2D eigenvalue weighted by atomic mass is 9.88. The van der Waals surface area contributed by atoms with Crippen LogP contribution in [0.15, 0.2) is 24.3 Å². The van der Waals surface area contributed by atoms with Crippen molar-refractivity contribution in [2.75, 3.05) is 0 Å². The van der Waals surface area contributed by atoms with E-state index in [-0.39, 0.29) is 16.7 Å². The highest BCUT2D eigenvalue weighted by Gasteiger charge is 2.42. The minimum atomic E-state index is -0.856. The standard InChI is InChI=1S/C15H23NOS/c1-11-5-4-6-12(9-11)10-18(17)13-7-8-15(2,3)14(13)16/h4-6,9,13-14H,7-8,10,16H2,1-3H3. The van der Waals surface area contributed by atoms with E-state index in [1.54, 1.807) is 0 Å². The molecule has 2 rings (SSSR count). The zero-order valence-corrected chi connectivity index (χ0v) is 12.3. The fraction of sp³-hybridized carbons (Fsp3) is 0.600. The molecule has 0 radical (unpaired) electrons. The average Bonchev–Trinajstić information content (AvgIpc) is 2.54. The Morgan fingerprint density at radius 2 is 2.17 bits per heavy atom. The normalized spacial score (nSPS) is 28.2. The Morgan fingerprint density at radius 1 is 1.44 bits per heavy atom. The zero-order valence-electron chi connectivity index (χ0n) is 11.5. The summed E-state index contributed by atoms with van der Waals surface area (Å²) in [6.07, 6.45) is 2.07. The number of hydrogen-bond acceptors (Lipinski definition) is 2. The Hall–Kier alpha value is -0.670. The third-order valence-corrected chi connectivity index (χ3v) is 5.93. The van der Waals surface area contributed by atoms with Gasteiger partial charge in [-0.25, -0.2) is 0 Å². The van der Waals surface area contributed by atoms with Crippen LogP contribution in [0.4, 0.5) is 0 Å². The molecular weight excluding hydrogens is 242 g/mol. The van der Waals surface area contributed by atoms with Gasteiger partial charge >= 0.3 is 0 Å². The van der Waals surface area contributed by atoms with Crippen LogP contribution in [-0.2, 0) is 16.6 Å². The SMILES string of the molecule is Cc1cccc(CS(=O)C2CCC(C)(C)C2N)c1. The highest BCUT2D eigenvalue weighted by Crippen LogP contribution is 2.39. The van der Waals surface area contributed by atoms with Crippen molar-refractivity contribution in [1.29, 1.82) is 0 Å². The van der Waals surface area contributed by atoms with Gasteiger partial charge in [-0.3, -0.25) is 4.21 Å². The average molecular weight is 265 g/mol. The number of rotatable bonds is 3. The molecule has 0 amide bonds. The molecule has 100 valence electrons. The summed E-state index contributed by atoms with van der Waals surface area (Å²) in [5, 5.41) is 0.153. The van der Waals surface area contributed by atoms with Gasteiger partial charge in [0.2, 0.25) is 0 Å². The Kier molecular flexibility index (Phi) is 3.93. The van der Waals surface area contributed by atoms with Gasteiger partial charge in [0.15, 0.2) is 0 Å². The lowest BCUT2D eigenvalue weighted by Gasteiger charge is -2.26. The molecule has 2 nitrogen and oxygen atoms in total. The Morgan fingerprint density at radius 3 is 2.72 bits per heavy atom. The number of aryl methyl sites for hydroxylation is 1. The third kappa shape index (κ3) is 2.83. The number of hydrogen-bond donors (Lipinski definition) is 1.